The van der Waals surface area contributed by atoms with E-state index in [1.165, 1.54) is 0 Å². The molecular formula is C9H22PRu+. The molecule has 0 heterocycles. The Morgan fingerprint density at radius 3 is 0.818 bits per heavy atom. The van der Waals surface area contributed by atoms with Crippen molar-refractivity contribution in [2.75, 3.05) is 0 Å². The van der Waals surface area contributed by atoms with Crippen LogP contribution in [0.25, 0.3) is 0 Å². The van der Waals surface area contributed by atoms with E-state index in [0.717, 1.165) is 17.0 Å². The molecule has 0 aliphatic rings. The predicted molar refractivity (Wildman–Crippen MR) is 53.7 cm³/mol. The van der Waals surface area contributed by atoms with Crippen molar-refractivity contribution in [3.05, 3.63) is 0 Å². The summed E-state index contributed by atoms with van der Waals surface area (Å²) in [5.74, 6) is 0. The van der Waals surface area contributed by atoms with Crippen molar-refractivity contribution in [1.82, 2.24) is 0 Å². The van der Waals surface area contributed by atoms with Crippen LogP contribution in [0.2, 0.25) is 0 Å². The van der Waals surface area contributed by atoms with Crippen molar-refractivity contribution in [1.29, 1.82) is 0 Å². The molecule has 0 fully saturated rings. The zero-order chi connectivity index (χ0) is 8.31. The molecule has 0 aromatic rings. The molecule has 0 aromatic carbocycles. The van der Waals surface area contributed by atoms with Crippen LogP contribution in [0.4, 0.5) is 0 Å². The summed E-state index contributed by atoms with van der Waals surface area (Å²) in [7, 11) is -0.0957. The zero-order valence-corrected chi connectivity index (χ0v) is 11.3. The topological polar surface area (TPSA) is 0 Å². The molecule has 0 aromatic heterocycles. The molecule has 70 valence electrons. The van der Waals surface area contributed by atoms with Gasteiger partial charge in [0.05, 0.1) is 17.0 Å². The molecular weight excluding hydrogens is 240 g/mol. The first-order valence-corrected chi connectivity index (χ1v) is 6.06. The molecule has 0 unspecified atom stereocenters. The summed E-state index contributed by atoms with van der Waals surface area (Å²) in [6.45, 7) is 14.2. The van der Waals surface area contributed by atoms with Crippen LogP contribution in [0.15, 0.2) is 0 Å². The summed E-state index contributed by atoms with van der Waals surface area (Å²) >= 11 is 0. The monoisotopic (exact) mass is 263 g/mol. The standard InChI is InChI=1S/C9H21P.Ru/c1-7(2)10(8(3)4)9(5)6;/h7-9H,1-6H3;/p+1. The number of rotatable bonds is 3. The quantitative estimate of drug-likeness (QED) is 0.540. The summed E-state index contributed by atoms with van der Waals surface area (Å²) in [4.78, 5) is 0. The van der Waals surface area contributed by atoms with Gasteiger partial charge >= 0.3 is 0 Å². The van der Waals surface area contributed by atoms with Gasteiger partial charge in [-0.3, -0.25) is 0 Å². The van der Waals surface area contributed by atoms with Crippen molar-refractivity contribution in [2.45, 2.75) is 58.5 Å². The normalized spacial score (nSPS) is 11.5. The molecule has 0 bridgehead atoms. The van der Waals surface area contributed by atoms with Crippen LogP contribution >= 0.6 is 7.92 Å². The van der Waals surface area contributed by atoms with Crippen LogP contribution in [-0.4, -0.2) is 17.0 Å². The Kier molecular flexibility index (Phi) is 8.68. The van der Waals surface area contributed by atoms with Gasteiger partial charge in [-0.15, -0.1) is 0 Å². The van der Waals surface area contributed by atoms with E-state index < -0.39 is 0 Å². The number of hydrogen-bond acceptors (Lipinski definition) is 0. The molecule has 0 rings (SSSR count). The number of hydrogen-bond donors (Lipinski definition) is 0. The van der Waals surface area contributed by atoms with Crippen LogP contribution in [0.1, 0.15) is 41.5 Å². The van der Waals surface area contributed by atoms with Crippen molar-refractivity contribution < 1.29 is 19.5 Å². The Balaban J connectivity index is 0. The van der Waals surface area contributed by atoms with Gasteiger partial charge in [-0.2, -0.15) is 0 Å². The fourth-order valence-corrected chi connectivity index (χ4v) is 6.00. The molecule has 0 aliphatic carbocycles. The first-order chi connectivity index (χ1) is 4.46. The largest absolute Gasteiger partial charge is 0.0624 e. The Morgan fingerprint density at radius 2 is 0.818 bits per heavy atom. The van der Waals surface area contributed by atoms with E-state index in [1.54, 1.807) is 0 Å². The van der Waals surface area contributed by atoms with Gasteiger partial charge in [0.2, 0.25) is 0 Å². The van der Waals surface area contributed by atoms with Crippen LogP contribution in [0.3, 0.4) is 0 Å². The van der Waals surface area contributed by atoms with Gasteiger partial charge in [0.1, 0.15) is 0 Å². The second kappa shape index (κ2) is 6.56. The van der Waals surface area contributed by atoms with E-state index in [2.05, 4.69) is 41.5 Å². The molecule has 0 amide bonds. The molecule has 0 nitrogen and oxygen atoms in total. The van der Waals surface area contributed by atoms with E-state index in [0.29, 0.717) is 0 Å². The van der Waals surface area contributed by atoms with Gasteiger partial charge < -0.3 is 0 Å². The Labute approximate surface area is 86.0 Å². The van der Waals surface area contributed by atoms with E-state index >= 15 is 0 Å². The van der Waals surface area contributed by atoms with Crippen molar-refractivity contribution >= 4 is 7.92 Å². The Hall–Kier alpha value is 1.05. The summed E-state index contributed by atoms with van der Waals surface area (Å²) in [5, 5.41) is 0. The first kappa shape index (κ1) is 14.6. The third kappa shape index (κ3) is 5.32. The second-order valence-electron chi connectivity index (χ2n) is 3.96. The van der Waals surface area contributed by atoms with Crippen LogP contribution in [-0.2, 0) is 19.5 Å². The maximum Gasteiger partial charge on any atom is 0.0624 e. The Bertz CT molecular complexity index is 70.5. The third-order valence-electron chi connectivity index (χ3n) is 2.00. The van der Waals surface area contributed by atoms with Gasteiger partial charge in [0.25, 0.3) is 0 Å². The van der Waals surface area contributed by atoms with Crippen LogP contribution in [0.5, 0.6) is 0 Å². The average Bonchev–Trinajstić information content (AvgIpc) is 1.59. The molecule has 0 saturated carbocycles. The van der Waals surface area contributed by atoms with Crippen molar-refractivity contribution in [3.63, 3.8) is 0 Å². The minimum atomic E-state index is -0.0957. The average molecular weight is 262 g/mol. The molecule has 2 heteroatoms. The molecule has 0 atom stereocenters. The van der Waals surface area contributed by atoms with Gasteiger partial charge in [-0.05, 0) is 41.5 Å². The minimum Gasteiger partial charge on any atom is -0.0287 e. The maximum absolute atomic E-state index is 2.37. The minimum absolute atomic E-state index is 0. The molecule has 0 aliphatic heterocycles. The first-order valence-electron chi connectivity index (χ1n) is 4.33. The second-order valence-corrected chi connectivity index (χ2v) is 8.43. The smallest absolute Gasteiger partial charge is 0.0287 e. The SMILES string of the molecule is CC(C)[PH+](C(C)C)C(C)C.[Ru]. The molecule has 0 radical (unpaired) electrons. The van der Waals surface area contributed by atoms with E-state index in [-0.39, 0.29) is 27.4 Å². The Morgan fingerprint density at radius 1 is 0.636 bits per heavy atom. The van der Waals surface area contributed by atoms with E-state index in [1.807, 2.05) is 0 Å². The predicted octanol–water partition coefficient (Wildman–Crippen LogP) is 3.42. The molecule has 0 spiro atoms. The van der Waals surface area contributed by atoms with Gasteiger partial charge in [0.15, 0.2) is 0 Å². The fourth-order valence-electron chi connectivity index (χ4n) is 2.00. The molecule has 11 heavy (non-hydrogen) atoms. The summed E-state index contributed by atoms with van der Waals surface area (Å²) in [5.41, 5.74) is 2.81. The summed E-state index contributed by atoms with van der Waals surface area (Å²) < 4.78 is 0. The maximum atomic E-state index is 2.37. The molecule has 0 N–H and O–H groups in total. The van der Waals surface area contributed by atoms with Crippen molar-refractivity contribution in [2.24, 2.45) is 0 Å². The van der Waals surface area contributed by atoms with Gasteiger partial charge in [0, 0.05) is 27.4 Å². The molecule has 0 saturated heterocycles. The third-order valence-corrected chi connectivity index (χ3v) is 6.00. The fraction of sp³-hybridized carbons (Fsp3) is 1.00. The van der Waals surface area contributed by atoms with Gasteiger partial charge in [-0.25, -0.2) is 0 Å². The summed E-state index contributed by atoms with van der Waals surface area (Å²) in [6, 6.07) is 0. The van der Waals surface area contributed by atoms with E-state index in [9.17, 15) is 0 Å². The van der Waals surface area contributed by atoms with Gasteiger partial charge in [-0.1, -0.05) is 0 Å². The van der Waals surface area contributed by atoms with Crippen molar-refractivity contribution in [3.8, 4) is 0 Å². The van der Waals surface area contributed by atoms with Crippen LogP contribution < -0.4 is 0 Å². The van der Waals surface area contributed by atoms with E-state index in [4.69, 9.17) is 0 Å². The van der Waals surface area contributed by atoms with Crippen LogP contribution in [0, 0.1) is 0 Å². The zero-order valence-electron chi connectivity index (χ0n) is 8.59. The summed E-state index contributed by atoms with van der Waals surface area (Å²) in [6.07, 6.45) is 0.